The van der Waals surface area contributed by atoms with E-state index in [2.05, 4.69) is 15.3 Å². The molecule has 0 fully saturated rings. The molecule has 0 bridgehead atoms. The normalized spacial score (nSPS) is 10.3. The first-order valence-electron chi connectivity index (χ1n) is 5.17. The van der Waals surface area contributed by atoms with Gasteiger partial charge in [-0.2, -0.15) is 0 Å². The summed E-state index contributed by atoms with van der Waals surface area (Å²) < 4.78 is 0. The van der Waals surface area contributed by atoms with Crippen LogP contribution in [-0.4, -0.2) is 21.9 Å². The highest BCUT2D eigenvalue weighted by Gasteiger charge is 2.19. The SMILES string of the molecule is CNc1ncc([N+](=O)[O-])c(-c2cc(Cl)cc(Cl)c2)n1. The second-order valence-corrected chi connectivity index (χ2v) is 4.47. The molecule has 0 saturated heterocycles. The van der Waals surface area contributed by atoms with Crippen LogP contribution in [0, 0.1) is 10.1 Å². The molecule has 8 heteroatoms. The monoisotopic (exact) mass is 298 g/mol. The zero-order valence-corrected chi connectivity index (χ0v) is 11.2. The van der Waals surface area contributed by atoms with Crippen molar-refractivity contribution in [1.82, 2.24) is 9.97 Å². The lowest BCUT2D eigenvalue weighted by atomic mass is 10.1. The van der Waals surface area contributed by atoms with Gasteiger partial charge in [0.05, 0.1) is 4.92 Å². The molecule has 0 saturated carbocycles. The molecule has 0 atom stereocenters. The molecule has 0 aliphatic carbocycles. The van der Waals surface area contributed by atoms with Gasteiger partial charge in [0.25, 0.3) is 0 Å². The average Bonchev–Trinajstić information content (AvgIpc) is 2.36. The quantitative estimate of drug-likeness (QED) is 0.694. The first-order valence-corrected chi connectivity index (χ1v) is 5.92. The van der Waals surface area contributed by atoms with Crippen LogP contribution in [0.25, 0.3) is 11.3 Å². The van der Waals surface area contributed by atoms with Crippen molar-refractivity contribution in [2.24, 2.45) is 0 Å². The van der Waals surface area contributed by atoms with Crippen LogP contribution in [0.3, 0.4) is 0 Å². The van der Waals surface area contributed by atoms with Gasteiger partial charge in [-0.15, -0.1) is 0 Å². The molecule has 0 spiro atoms. The lowest BCUT2D eigenvalue weighted by Gasteiger charge is -2.05. The summed E-state index contributed by atoms with van der Waals surface area (Å²) in [5.74, 6) is 0.275. The first kappa shape index (κ1) is 13.5. The Morgan fingerprint density at radius 2 is 1.89 bits per heavy atom. The molecule has 2 rings (SSSR count). The van der Waals surface area contributed by atoms with Crippen LogP contribution in [0.1, 0.15) is 0 Å². The molecule has 1 aromatic carbocycles. The highest BCUT2D eigenvalue weighted by molar-refractivity contribution is 6.35. The molecule has 0 amide bonds. The van der Waals surface area contributed by atoms with Gasteiger partial charge in [0.2, 0.25) is 5.95 Å². The molecular formula is C11H8Cl2N4O2. The Labute approximate surface area is 118 Å². The Kier molecular flexibility index (Phi) is 3.82. The lowest BCUT2D eigenvalue weighted by Crippen LogP contribution is -2.01. The fourth-order valence-corrected chi connectivity index (χ4v) is 2.06. The van der Waals surface area contributed by atoms with Crippen molar-refractivity contribution in [3.63, 3.8) is 0 Å². The summed E-state index contributed by atoms with van der Waals surface area (Å²) in [4.78, 5) is 18.4. The van der Waals surface area contributed by atoms with Gasteiger partial charge in [0, 0.05) is 22.7 Å². The molecule has 98 valence electrons. The summed E-state index contributed by atoms with van der Waals surface area (Å²) in [5.41, 5.74) is 0.411. The topological polar surface area (TPSA) is 81.0 Å². The number of aromatic nitrogens is 2. The highest BCUT2D eigenvalue weighted by Crippen LogP contribution is 2.32. The minimum Gasteiger partial charge on any atom is -0.357 e. The van der Waals surface area contributed by atoms with Crippen molar-refractivity contribution in [3.05, 3.63) is 44.6 Å². The van der Waals surface area contributed by atoms with Crippen molar-refractivity contribution in [1.29, 1.82) is 0 Å². The van der Waals surface area contributed by atoms with Crippen molar-refractivity contribution >= 4 is 34.8 Å². The molecule has 0 aliphatic heterocycles. The van der Waals surface area contributed by atoms with Crippen molar-refractivity contribution in [2.45, 2.75) is 0 Å². The largest absolute Gasteiger partial charge is 0.357 e. The van der Waals surface area contributed by atoms with Crippen LogP contribution >= 0.6 is 23.2 Å². The van der Waals surface area contributed by atoms with Crippen LogP contribution in [0.15, 0.2) is 24.4 Å². The van der Waals surface area contributed by atoms with E-state index >= 15 is 0 Å². The predicted octanol–water partition coefficient (Wildman–Crippen LogP) is 3.40. The molecule has 1 N–H and O–H groups in total. The smallest absolute Gasteiger partial charge is 0.313 e. The van der Waals surface area contributed by atoms with Crippen LogP contribution < -0.4 is 5.32 Å². The summed E-state index contributed by atoms with van der Waals surface area (Å²) in [7, 11) is 1.62. The number of benzene rings is 1. The Bertz CT molecular complexity index is 628. The van der Waals surface area contributed by atoms with E-state index in [9.17, 15) is 10.1 Å². The third kappa shape index (κ3) is 2.91. The Morgan fingerprint density at radius 3 is 2.42 bits per heavy atom. The number of nitrogens with one attached hydrogen (secondary N) is 1. The number of anilines is 1. The van der Waals surface area contributed by atoms with Crippen molar-refractivity contribution in [2.75, 3.05) is 12.4 Å². The summed E-state index contributed by atoms with van der Waals surface area (Å²) in [5, 5.41) is 14.5. The third-order valence-corrected chi connectivity index (χ3v) is 2.76. The van der Waals surface area contributed by atoms with Gasteiger partial charge in [-0.05, 0) is 18.2 Å². The van der Waals surface area contributed by atoms with Crippen LogP contribution in [-0.2, 0) is 0 Å². The van der Waals surface area contributed by atoms with E-state index in [1.165, 1.54) is 0 Å². The van der Waals surface area contributed by atoms with Gasteiger partial charge < -0.3 is 5.32 Å². The van der Waals surface area contributed by atoms with Crippen molar-refractivity contribution < 1.29 is 4.92 Å². The third-order valence-electron chi connectivity index (χ3n) is 2.33. The molecule has 0 aliphatic rings. The van der Waals surface area contributed by atoms with E-state index in [4.69, 9.17) is 23.2 Å². The Balaban J connectivity index is 2.67. The molecule has 19 heavy (non-hydrogen) atoms. The molecule has 6 nitrogen and oxygen atoms in total. The van der Waals surface area contributed by atoms with Gasteiger partial charge in [-0.3, -0.25) is 10.1 Å². The first-order chi connectivity index (χ1) is 9.01. The maximum Gasteiger partial charge on any atom is 0.313 e. The zero-order chi connectivity index (χ0) is 14.0. The van der Waals surface area contributed by atoms with E-state index in [1.54, 1.807) is 25.2 Å². The maximum absolute atomic E-state index is 11.0. The standard InChI is InChI=1S/C11H8Cl2N4O2/c1-14-11-15-5-9(17(18)19)10(16-11)6-2-7(12)4-8(13)3-6/h2-5H,1H3,(H,14,15,16). The van der Waals surface area contributed by atoms with Crippen molar-refractivity contribution in [3.8, 4) is 11.3 Å². The van der Waals surface area contributed by atoms with Gasteiger partial charge in [0.1, 0.15) is 6.20 Å². The van der Waals surface area contributed by atoms with Crippen LogP contribution in [0.5, 0.6) is 0 Å². The summed E-state index contributed by atoms with van der Waals surface area (Å²) in [6, 6.07) is 4.66. The number of halogens is 2. The molecule has 0 unspecified atom stereocenters. The zero-order valence-electron chi connectivity index (χ0n) is 9.72. The molecule has 2 aromatic rings. The predicted molar refractivity (Wildman–Crippen MR) is 73.7 cm³/mol. The second kappa shape index (κ2) is 5.38. The van der Waals surface area contributed by atoms with Gasteiger partial charge >= 0.3 is 5.69 Å². The molecule has 0 radical (unpaired) electrons. The second-order valence-electron chi connectivity index (χ2n) is 3.59. The Morgan fingerprint density at radius 1 is 1.26 bits per heavy atom. The minimum absolute atomic E-state index is 0.161. The number of hydrogen-bond donors (Lipinski definition) is 1. The summed E-state index contributed by atoms with van der Waals surface area (Å²) >= 11 is 11.8. The molecule has 1 heterocycles. The van der Waals surface area contributed by atoms with E-state index in [0.717, 1.165) is 6.20 Å². The number of nitrogens with zero attached hydrogens (tertiary/aromatic N) is 3. The lowest BCUT2D eigenvalue weighted by molar-refractivity contribution is -0.384. The van der Waals surface area contributed by atoms with E-state index in [1.807, 2.05) is 0 Å². The van der Waals surface area contributed by atoms with E-state index < -0.39 is 4.92 Å². The fraction of sp³-hybridized carbons (Fsp3) is 0.0909. The van der Waals surface area contributed by atoms with Crippen LogP contribution in [0.4, 0.5) is 11.6 Å². The average molecular weight is 299 g/mol. The Hall–Kier alpha value is -1.92. The molecule has 1 aromatic heterocycles. The summed E-state index contributed by atoms with van der Waals surface area (Å²) in [6.07, 6.45) is 1.14. The van der Waals surface area contributed by atoms with Crippen LogP contribution in [0.2, 0.25) is 10.0 Å². The van der Waals surface area contributed by atoms with Gasteiger partial charge in [-0.1, -0.05) is 23.2 Å². The number of hydrogen-bond acceptors (Lipinski definition) is 5. The highest BCUT2D eigenvalue weighted by atomic mass is 35.5. The molecular weight excluding hydrogens is 291 g/mol. The summed E-state index contributed by atoms with van der Waals surface area (Å²) in [6.45, 7) is 0. The van der Waals surface area contributed by atoms with Gasteiger partial charge in [0.15, 0.2) is 5.69 Å². The van der Waals surface area contributed by atoms with E-state index in [-0.39, 0.29) is 17.3 Å². The van der Waals surface area contributed by atoms with Gasteiger partial charge in [-0.25, -0.2) is 9.97 Å². The minimum atomic E-state index is -0.552. The van der Waals surface area contributed by atoms with E-state index in [0.29, 0.717) is 15.6 Å². The fourth-order valence-electron chi connectivity index (χ4n) is 1.53. The number of rotatable bonds is 3. The maximum atomic E-state index is 11.0. The number of nitro groups is 1.